The number of carbonyl (C=O) groups is 1. The highest BCUT2D eigenvalue weighted by Crippen LogP contribution is 2.42. The molecular weight excluding hydrogens is 184 g/mol. The van der Waals surface area contributed by atoms with E-state index in [1.165, 1.54) is 6.92 Å². The molecule has 1 aliphatic heterocycles. The van der Waals surface area contributed by atoms with Gasteiger partial charge in [-0.3, -0.25) is 4.79 Å². The van der Waals surface area contributed by atoms with E-state index >= 15 is 0 Å². The van der Waals surface area contributed by atoms with Crippen molar-refractivity contribution in [2.45, 2.75) is 20.1 Å². The van der Waals surface area contributed by atoms with Crippen molar-refractivity contribution in [3.05, 3.63) is 18.2 Å². The van der Waals surface area contributed by atoms with Crippen LogP contribution < -0.4 is 14.2 Å². The van der Waals surface area contributed by atoms with E-state index in [0.29, 0.717) is 17.2 Å². The summed E-state index contributed by atoms with van der Waals surface area (Å²) in [6.45, 7) is 3.12. The summed E-state index contributed by atoms with van der Waals surface area (Å²) in [5.41, 5.74) is 0. The fourth-order valence-electron chi connectivity index (χ4n) is 1.31. The summed E-state index contributed by atoms with van der Waals surface area (Å²) in [5.74, 6) is 1.13. The van der Waals surface area contributed by atoms with Gasteiger partial charge in [-0.05, 0) is 12.1 Å². The van der Waals surface area contributed by atoms with E-state index in [9.17, 15) is 4.79 Å². The second-order valence-electron chi connectivity index (χ2n) is 2.98. The third-order valence-corrected chi connectivity index (χ3v) is 1.77. The molecule has 4 nitrogen and oxygen atoms in total. The molecule has 14 heavy (non-hydrogen) atoms. The molecule has 0 radical (unpaired) electrons. The summed E-state index contributed by atoms with van der Waals surface area (Å²) in [4.78, 5) is 10.8. The van der Waals surface area contributed by atoms with Crippen molar-refractivity contribution in [2.75, 3.05) is 0 Å². The highest BCUT2D eigenvalue weighted by molar-refractivity contribution is 5.71. The van der Waals surface area contributed by atoms with Crippen molar-refractivity contribution in [3.8, 4) is 17.2 Å². The second-order valence-corrected chi connectivity index (χ2v) is 2.98. The fourth-order valence-corrected chi connectivity index (χ4v) is 1.31. The quantitative estimate of drug-likeness (QED) is 0.504. The first-order valence-corrected chi connectivity index (χ1v) is 4.31. The predicted molar refractivity (Wildman–Crippen MR) is 48.5 cm³/mol. The van der Waals surface area contributed by atoms with E-state index in [1.807, 2.05) is 0 Å². The monoisotopic (exact) mass is 194 g/mol. The van der Waals surface area contributed by atoms with E-state index < -0.39 is 0 Å². The Morgan fingerprint density at radius 3 is 2.93 bits per heavy atom. The molecule has 0 bridgehead atoms. The van der Waals surface area contributed by atoms with Gasteiger partial charge in [-0.25, -0.2) is 0 Å². The van der Waals surface area contributed by atoms with Crippen LogP contribution in [0, 0.1) is 0 Å². The van der Waals surface area contributed by atoms with Gasteiger partial charge >= 0.3 is 5.97 Å². The fraction of sp³-hybridized carbons (Fsp3) is 0.300. The molecule has 0 aliphatic carbocycles. The van der Waals surface area contributed by atoms with Crippen molar-refractivity contribution in [1.82, 2.24) is 0 Å². The largest absolute Gasteiger partial charge is 0.451 e. The van der Waals surface area contributed by atoms with Crippen LogP contribution in [-0.2, 0) is 4.79 Å². The molecule has 2 rings (SSSR count). The van der Waals surface area contributed by atoms with Crippen LogP contribution in [0.4, 0.5) is 0 Å². The van der Waals surface area contributed by atoms with E-state index in [-0.39, 0.29) is 12.3 Å². The van der Waals surface area contributed by atoms with Crippen LogP contribution in [0.25, 0.3) is 0 Å². The van der Waals surface area contributed by atoms with Crippen LogP contribution in [0.3, 0.4) is 0 Å². The first-order valence-electron chi connectivity index (χ1n) is 4.31. The number of carbonyl (C=O) groups excluding carboxylic acids is 1. The standard InChI is InChI=1S/C10H10O4/c1-6(11)12-8-4-3-5-9-10(8)14-7(2)13-9/h3-5,7H,1-2H3. The minimum atomic E-state index is -0.374. The molecule has 1 aliphatic rings. The van der Waals surface area contributed by atoms with Crippen molar-refractivity contribution in [1.29, 1.82) is 0 Å². The predicted octanol–water partition coefficient (Wildman–Crippen LogP) is 1.73. The number of benzene rings is 1. The van der Waals surface area contributed by atoms with E-state index in [1.54, 1.807) is 25.1 Å². The number of hydrogen-bond acceptors (Lipinski definition) is 4. The normalized spacial score (nSPS) is 18.0. The molecule has 0 saturated heterocycles. The highest BCUT2D eigenvalue weighted by atomic mass is 16.7. The molecule has 0 aromatic heterocycles. The summed E-state index contributed by atoms with van der Waals surface area (Å²) in [6.07, 6.45) is -0.332. The number of esters is 1. The van der Waals surface area contributed by atoms with Crippen LogP contribution >= 0.6 is 0 Å². The third kappa shape index (κ3) is 1.51. The Morgan fingerprint density at radius 2 is 2.21 bits per heavy atom. The number of fused-ring (bicyclic) bond motifs is 1. The summed E-state index contributed by atoms with van der Waals surface area (Å²) < 4.78 is 15.6. The van der Waals surface area contributed by atoms with Crippen LogP contribution in [0.2, 0.25) is 0 Å². The van der Waals surface area contributed by atoms with Gasteiger partial charge in [0.25, 0.3) is 0 Å². The zero-order valence-electron chi connectivity index (χ0n) is 7.94. The number of rotatable bonds is 1. The Labute approximate surface area is 81.4 Å². The van der Waals surface area contributed by atoms with Gasteiger partial charge in [-0.2, -0.15) is 0 Å². The molecular formula is C10H10O4. The molecule has 1 aromatic carbocycles. The smallest absolute Gasteiger partial charge is 0.308 e. The Morgan fingerprint density at radius 1 is 1.43 bits per heavy atom. The molecule has 0 N–H and O–H groups in total. The lowest BCUT2D eigenvalue weighted by atomic mass is 10.3. The molecule has 0 spiro atoms. The van der Waals surface area contributed by atoms with Crippen LogP contribution in [-0.4, -0.2) is 12.3 Å². The SMILES string of the molecule is CC(=O)Oc1cccc2c1OC(C)O2. The van der Waals surface area contributed by atoms with Gasteiger partial charge in [0.2, 0.25) is 12.0 Å². The molecule has 1 aromatic rings. The molecule has 0 saturated carbocycles. The number of para-hydroxylation sites is 1. The molecule has 4 heteroatoms. The topological polar surface area (TPSA) is 44.8 Å². The lowest BCUT2D eigenvalue weighted by Gasteiger charge is -2.04. The van der Waals surface area contributed by atoms with Crippen molar-refractivity contribution >= 4 is 5.97 Å². The molecule has 74 valence electrons. The lowest BCUT2D eigenvalue weighted by Crippen LogP contribution is -2.11. The van der Waals surface area contributed by atoms with Crippen LogP contribution in [0.15, 0.2) is 18.2 Å². The molecule has 0 fully saturated rings. The van der Waals surface area contributed by atoms with Gasteiger partial charge in [0, 0.05) is 13.8 Å². The Balaban J connectivity index is 2.34. The Bertz CT molecular complexity index is 372. The summed E-state index contributed by atoms with van der Waals surface area (Å²) in [6, 6.07) is 5.19. The lowest BCUT2D eigenvalue weighted by molar-refractivity contribution is -0.132. The third-order valence-electron chi connectivity index (χ3n) is 1.77. The number of hydrogen-bond donors (Lipinski definition) is 0. The van der Waals surface area contributed by atoms with Gasteiger partial charge < -0.3 is 14.2 Å². The minimum absolute atomic E-state index is 0.332. The van der Waals surface area contributed by atoms with Crippen LogP contribution in [0.5, 0.6) is 17.2 Å². The van der Waals surface area contributed by atoms with Gasteiger partial charge in [-0.15, -0.1) is 0 Å². The van der Waals surface area contributed by atoms with E-state index in [2.05, 4.69) is 0 Å². The average Bonchev–Trinajstić information content (AvgIpc) is 2.45. The van der Waals surface area contributed by atoms with E-state index in [4.69, 9.17) is 14.2 Å². The average molecular weight is 194 g/mol. The Hall–Kier alpha value is -1.71. The maximum atomic E-state index is 10.8. The zero-order valence-corrected chi connectivity index (χ0v) is 7.94. The first-order chi connectivity index (χ1) is 6.66. The summed E-state index contributed by atoms with van der Waals surface area (Å²) in [7, 11) is 0. The maximum absolute atomic E-state index is 10.8. The van der Waals surface area contributed by atoms with Gasteiger partial charge in [0.1, 0.15) is 0 Å². The highest BCUT2D eigenvalue weighted by Gasteiger charge is 2.24. The van der Waals surface area contributed by atoms with Gasteiger partial charge in [-0.1, -0.05) is 6.07 Å². The minimum Gasteiger partial charge on any atom is -0.451 e. The second kappa shape index (κ2) is 3.21. The molecule has 1 heterocycles. The summed E-state index contributed by atoms with van der Waals surface area (Å²) in [5, 5.41) is 0. The molecule has 1 unspecified atom stereocenters. The number of ether oxygens (including phenoxy) is 3. The molecule has 0 amide bonds. The van der Waals surface area contributed by atoms with Gasteiger partial charge in [0.05, 0.1) is 0 Å². The zero-order chi connectivity index (χ0) is 10.1. The van der Waals surface area contributed by atoms with Crippen molar-refractivity contribution < 1.29 is 19.0 Å². The molecule has 1 atom stereocenters. The maximum Gasteiger partial charge on any atom is 0.308 e. The summed E-state index contributed by atoms with van der Waals surface area (Å²) >= 11 is 0. The first kappa shape index (κ1) is 8.87. The van der Waals surface area contributed by atoms with Crippen molar-refractivity contribution in [2.24, 2.45) is 0 Å². The van der Waals surface area contributed by atoms with Gasteiger partial charge in [0.15, 0.2) is 11.5 Å². The van der Waals surface area contributed by atoms with Crippen molar-refractivity contribution in [3.63, 3.8) is 0 Å². The van der Waals surface area contributed by atoms with E-state index in [0.717, 1.165) is 0 Å². The van der Waals surface area contributed by atoms with Crippen LogP contribution in [0.1, 0.15) is 13.8 Å². The Kier molecular flexibility index (Phi) is 2.04.